The highest BCUT2D eigenvalue weighted by Crippen LogP contribution is 2.61. The van der Waals surface area contributed by atoms with Gasteiger partial charge in [-0.2, -0.15) is 0 Å². The summed E-state index contributed by atoms with van der Waals surface area (Å²) in [5.41, 5.74) is -0.991. The molecule has 1 aromatic heterocycles. The Labute approximate surface area is 206 Å². The van der Waals surface area contributed by atoms with Gasteiger partial charge in [0.1, 0.15) is 12.0 Å². The molecule has 3 atom stereocenters. The van der Waals surface area contributed by atoms with Crippen molar-refractivity contribution in [2.24, 2.45) is 5.92 Å². The highest BCUT2D eigenvalue weighted by Gasteiger charge is 2.58. The molecule has 6 nitrogen and oxygen atoms in total. The van der Waals surface area contributed by atoms with Crippen LogP contribution >= 0.6 is 0 Å². The summed E-state index contributed by atoms with van der Waals surface area (Å²) in [5.74, 6) is -1.07. The number of anilines is 1. The fourth-order valence-corrected chi connectivity index (χ4v) is 5.77. The van der Waals surface area contributed by atoms with Gasteiger partial charge in [0.2, 0.25) is 0 Å². The van der Waals surface area contributed by atoms with E-state index in [0.717, 1.165) is 25.3 Å². The second-order valence-corrected chi connectivity index (χ2v) is 10.6. The topological polar surface area (TPSA) is 66.4 Å². The average Bonchev–Trinajstić information content (AvgIpc) is 2.75. The zero-order valence-electron chi connectivity index (χ0n) is 20.2. The Bertz CT molecular complexity index is 1220. The summed E-state index contributed by atoms with van der Waals surface area (Å²) in [5, 5.41) is 5.75. The normalized spacial score (nSPS) is 28.2. The van der Waals surface area contributed by atoms with Gasteiger partial charge in [0, 0.05) is 36.5 Å². The lowest BCUT2D eigenvalue weighted by Crippen LogP contribution is -2.62. The molecule has 1 saturated heterocycles. The van der Waals surface area contributed by atoms with Crippen molar-refractivity contribution in [1.29, 1.82) is 0 Å². The number of amides is 1. The van der Waals surface area contributed by atoms with E-state index in [-0.39, 0.29) is 34.5 Å². The van der Waals surface area contributed by atoms with E-state index in [1.54, 1.807) is 4.57 Å². The number of carbonyl (C=O) groups excluding carboxylic acids is 1. The Kier molecular flexibility index (Phi) is 6.34. The first-order chi connectivity index (χ1) is 17.1. The van der Waals surface area contributed by atoms with Gasteiger partial charge in [0.25, 0.3) is 17.9 Å². The van der Waals surface area contributed by atoms with Crippen molar-refractivity contribution in [2.45, 2.75) is 62.8 Å². The maximum atomic E-state index is 14.7. The molecule has 36 heavy (non-hydrogen) atoms. The number of carbonyl (C=O) groups is 1. The van der Waals surface area contributed by atoms with Gasteiger partial charge in [-0.25, -0.2) is 17.6 Å². The van der Waals surface area contributed by atoms with Gasteiger partial charge in [-0.05, 0) is 45.6 Å². The fourth-order valence-electron chi connectivity index (χ4n) is 5.77. The maximum absolute atomic E-state index is 14.7. The van der Waals surface area contributed by atoms with E-state index in [1.165, 1.54) is 31.3 Å². The number of pyridine rings is 1. The number of hydrogen-bond donors (Lipinski definition) is 2. The summed E-state index contributed by atoms with van der Waals surface area (Å²) in [6, 6.07) is 3.52. The molecule has 0 spiro atoms. The standard InChI is InChI=1S/C26H30F4N4O2/c1-14(16-4-3-5-17(23(16)28)24(29)30)31-25(36)18-12-34(26-9-15(10-26)11-26)22(35)8-21(18)32-20-6-7-33(2)13-19(20)27/h3-5,8,12,14-15,19-20,24,32H,6-7,9-11,13H2,1-2H3,(H,31,36)/t14?,15?,19-,20+,26?/m1/s1. The minimum absolute atomic E-state index is 0.0671. The summed E-state index contributed by atoms with van der Waals surface area (Å²) in [6.07, 6.45) is 0.470. The lowest BCUT2D eigenvalue weighted by Gasteiger charge is -2.62. The number of halogens is 4. The molecule has 1 unspecified atom stereocenters. The van der Waals surface area contributed by atoms with Crippen LogP contribution in [0.2, 0.25) is 0 Å². The van der Waals surface area contributed by atoms with Crippen LogP contribution in [-0.4, -0.2) is 47.7 Å². The Balaban J connectivity index is 1.45. The molecule has 4 aliphatic rings. The molecule has 1 aromatic carbocycles. The molecule has 1 aliphatic heterocycles. The van der Waals surface area contributed by atoms with Crippen molar-refractivity contribution in [3.8, 4) is 0 Å². The smallest absolute Gasteiger partial charge is 0.266 e. The van der Waals surface area contributed by atoms with E-state index >= 15 is 0 Å². The molecule has 0 radical (unpaired) electrons. The fraction of sp³-hybridized carbons (Fsp3) is 0.538. The van der Waals surface area contributed by atoms with Crippen LogP contribution < -0.4 is 16.2 Å². The predicted octanol–water partition coefficient (Wildman–Crippen LogP) is 4.38. The van der Waals surface area contributed by atoms with Crippen molar-refractivity contribution < 1.29 is 22.4 Å². The number of aromatic nitrogens is 1. The Morgan fingerprint density at radius 2 is 1.89 bits per heavy atom. The molecule has 6 rings (SSSR count). The number of piperidine rings is 1. The lowest BCUT2D eigenvalue weighted by molar-refractivity contribution is -0.0914. The average molecular weight is 507 g/mol. The van der Waals surface area contributed by atoms with Gasteiger partial charge in [-0.3, -0.25) is 9.59 Å². The highest BCUT2D eigenvalue weighted by atomic mass is 19.3. The first-order valence-corrected chi connectivity index (χ1v) is 12.3. The van der Waals surface area contributed by atoms with E-state index in [0.29, 0.717) is 18.9 Å². The number of likely N-dealkylation sites (tertiary alicyclic amines) is 1. The van der Waals surface area contributed by atoms with Gasteiger partial charge in [-0.15, -0.1) is 0 Å². The molecule has 4 fully saturated rings. The van der Waals surface area contributed by atoms with Gasteiger partial charge in [0.15, 0.2) is 0 Å². The van der Waals surface area contributed by atoms with Crippen molar-refractivity contribution in [2.75, 3.05) is 25.5 Å². The second-order valence-electron chi connectivity index (χ2n) is 10.6. The van der Waals surface area contributed by atoms with Crippen LogP contribution in [0.15, 0.2) is 35.3 Å². The van der Waals surface area contributed by atoms with E-state index in [2.05, 4.69) is 10.6 Å². The number of benzene rings is 1. The quantitative estimate of drug-likeness (QED) is 0.547. The zero-order valence-corrected chi connectivity index (χ0v) is 20.2. The second kappa shape index (κ2) is 9.21. The molecule has 2 aromatic rings. The summed E-state index contributed by atoms with van der Waals surface area (Å²) in [6.45, 7) is 2.40. The van der Waals surface area contributed by atoms with Gasteiger partial charge in [-0.1, -0.05) is 18.2 Å². The molecular weight excluding hydrogens is 476 g/mol. The predicted molar refractivity (Wildman–Crippen MR) is 128 cm³/mol. The molecule has 10 heteroatoms. The minimum atomic E-state index is -2.98. The van der Waals surface area contributed by atoms with Crippen LogP contribution in [0.5, 0.6) is 0 Å². The van der Waals surface area contributed by atoms with Crippen molar-refractivity contribution in [3.05, 3.63) is 63.3 Å². The number of nitrogens with zero attached hydrogens (tertiary/aromatic N) is 2. The molecule has 2 N–H and O–H groups in total. The summed E-state index contributed by atoms with van der Waals surface area (Å²) in [4.78, 5) is 28.3. The van der Waals surface area contributed by atoms with Crippen molar-refractivity contribution >= 4 is 11.6 Å². The maximum Gasteiger partial charge on any atom is 0.266 e. The third-order valence-electron chi connectivity index (χ3n) is 8.01. The van der Waals surface area contributed by atoms with Crippen LogP contribution in [0.1, 0.15) is 66.6 Å². The third-order valence-corrected chi connectivity index (χ3v) is 8.01. The third kappa shape index (κ3) is 4.29. The first-order valence-electron chi connectivity index (χ1n) is 12.3. The van der Waals surface area contributed by atoms with Crippen molar-refractivity contribution in [3.63, 3.8) is 0 Å². The van der Waals surface area contributed by atoms with Gasteiger partial charge >= 0.3 is 0 Å². The summed E-state index contributed by atoms with van der Waals surface area (Å²) >= 11 is 0. The van der Waals surface area contributed by atoms with Crippen LogP contribution in [-0.2, 0) is 5.54 Å². The van der Waals surface area contributed by atoms with E-state index in [9.17, 15) is 27.2 Å². The SMILES string of the molecule is CC(NC(=O)c1cn(C23CC(C2)C3)c(=O)cc1N[C@H]1CCN(C)C[C@H]1F)c1cccc(C(F)F)c1F. The minimum Gasteiger partial charge on any atom is -0.378 e. The Hall–Kier alpha value is -2.88. The first kappa shape index (κ1) is 24.8. The van der Waals surface area contributed by atoms with E-state index in [1.807, 2.05) is 11.9 Å². The summed E-state index contributed by atoms with van der Waals surface area (Å²) in [7, 11) is 1.83. The lowest BCUT2D eigenvalue weighted by atomic mass is 9.49. The van der Waals surface area contributed by atoms with Crippen LogP contribution in [0, 0.1) is 11.7 Å². The molecule has 194 valence electrons. The molecule has 2 bridgehead atoms. The van der Waals surface area contributed by atoms with E-state index < -0.39 is 42.0 Å². The monoisotopic (exact) mass is 506 g/mol. The highest BCUT2D eigenvalue weighted by molar-refractivity contribution is 5.99. The summed E-state index contributed by atoms with van der Waals surface area (Å²) < 4.78 is 57.4. The van der Waals surface area contributed by atoms with Gasteiger partial charge < -0.3 is 20.1 Å². The van der Waals surface area contributed by atoms with Crippen LogP contribution in [0.4, 0.5) is 23.2 Å². The number of rotatable bonds is 7. The van der Waals surface area contributed by atoms with Crippen LogP contribution in [0.3, 0.4) is 0 Å². The molecule has 1 amide bonds. The Morgan fingerprint density at radius 3 is 2.50 bits per heavy atom. The molecule has 2 heterocycles. The number of nitrogens with one attached hydrogen (secondary N) is 2. The zero-order chi connectivity index (χ0) is 25.8. The van der Waals surface area contributed by atoms with Gasteiger partial charge in [0.05, 0.1) is 28.9 Å². The number of hydrogen-bond acceptors (Lipinski definition) is 4. The van der Waals surface area contributed by atoms with Crippen LogP contribution in [0.25, 0.3) is 0 Å². The largest absolute Gasteiger partial charge is 0.378 e. The van der Waals surface area contributed by atoms with E-state index in [4.69, 9.17) is 0 Å². The van der Waals surface area contributed by atoms with Crippen molar-refractivity contribution in [1.82, 2.24) is 14.8 Å². The Morgan fingerprint density at radius 1 is 1.19 bits per heavy atom. The molecular formula is C26H30F4N4O2. The number of alkyl halides is 3. The molecule has 3 aliphatic carbocycles. The molecule has 3 saturated carbocycles.